The van der Waals surface area contributed by atoms with Gasteiger partial charge in [0.05, 0.1) is 6.20 Å². The summed E-state index contributed by atoms with van der Waals surface area (Å²) in [5.41, 5.74) is -2.77. The third-order valence-electron chi connectivity index (χ3n) is 1.98. The van der Waals surface area contributed by atoms with Gasteiger partial charge in [0.25, 0.3) is 0 Å². The molecule has 1 heterocycles. The fraction of sp³-hybridized carbons (Fsp3) is 0.667. The number of nitrogens with zero attached hydrogens (tertiary/aromatic N) is 2. The molecule has 0 aliphatic carbocycles. The van der Waals surface area contributed by atoms with E-state index in [4.69, 9.17) is 0 Å². The van der Waals surface area contributed by atoms with Crippen LogP contribution in [0.4, 0.5) is 26.3 Å². The average Bonchev–Trinajstić information content (AvgIpc) is 2.42. The molecule has 0 unspecified atom stereocenters. The number of hydrogen-bond acceptors (Lipinski definition) is 1. The maximum Gasteiger partial charge on any atom is 0.449 e. The summed E-state index contributed by atoms with van der Waals surface area (Å²) in [7, 11) is 0. The van der Waals surface area contributed by atoms with Gasteiger partial charge in [0, 0.05) is 5.54 Å². The lowest BCUT2D eigenvalue weighted by Crippen LogP contribution is -2.32. The van der Waals surface area contributed by atoms with Crippen molar-refractivity contribution in [3.05, 3.63) is 17.7 Å². The van der Waals surface area contributed by atoms with Crippen LogP contribution >= 0.6 is 0 Å². The minimum absolute atomic E-state index is 0.160. The second-order valence-corrected chi connectivity index (χ2v) is 4.47. The summed E-state index contributed by atoms with van der Waals surface area (Å²) >= 11 is 0. The van der Waals surface area contributed by atoms with Crippen molar-refractivity contribution in [3.8, 4) is 0 Å². The number of imidazole rings is 1. The van der Waals surface area contributed by atoms with Gasteiger partial charge in [-0.25, -0.2) is 4.98 Å². The lowest BCUT2D eigenvalue weighted by atomic mass is 10.1. The molecule has 17 heavy (non-hydrogen) atoms. The van der Waals surface area contributed by atoms with Crippen LogP contribution in [0.5, 0.6) is 0 Å². The van der Waals surface area contributed by atoms with Gasteiger partial charge in [0.15, 0.2) is 0 Å². The Labute approximate surface area is 93.3 Å². The average molecular weight is 260 g/mol. The van der Waals surface area contributed by atoms with E-state index in [2.05, 4.69) is 4.98 Å². The van der Waals surface area contributed by atoms with E-state index >= 15 is 0 Å². The fourth-order valence-electron chi connectivity index (χ4n) is 1.43. The normalized spacial score (nSPS) is 14.2. The maximum atomic E-state index is 12.6. The van der Waals surface area contributed by atoms with Crippen LogP contribution in [0.1, 0.15) is 32.3 Å². The molecule has 0 aromatic carbocycles. The van der Waals surface area contributed by atoms with E-state index in [0.717, 1.165) is 0 Å². The van der Waals surface area contributed by atoms with E-state index in [1.807, 2.05) is 0 Å². The van der Waals surface area contributed by atoms with Gasteiger partial charge < -0.3 is 4.57 Å². The van der Waals surface area contributed by atoms with Crippen molar-refractivity contribution in [3.63, 3.8) is 0 Å². The molecular weight excluding hydrogens is 250 g/mol. The number of rotatable bonds is 0. The van der Waals surface area contributed by atoms with Gasteiger partial charge in [0.1, 0.15) is 5.69 Å². The first-order chi connectivity index (χ1) is 7.35. The molecule has 0 amide bonds. The summed E-state index contributed by atoms with van der Waals surface area (Å²) in [5.74, 6) is -1.54. The van der Waals surface area contributed by atoms with E-state index in [9.17, 15) is 26.3 Å². The Bertz CT molecular complexity index is 375. The third kappa shape index (κ3) is 2.73. The predicted octanol–water partition coefficient (Wildman–Crippen LogP) is 3.68. The summed E-state index contributed by atoms with van der Waals surface area (Å²) in [4.78, 5) is 2.84. The lowest BCUT2D eigenvalue weighted by molar-refractivity contribution is -0.157. The molecule has 0 N–H and O–H groups in total. The second-order valence-electron chi connectivity index (χ2n) is 4.47. The van der Waals surface area contributed by atoms with Crippen LogP contribution in [0.15, 0.2) is 6.20 Å². The SMILES string of the molecule is CC(C)(C)n1c(C(F)(F)F)cnc1C(F)(F)F. The second kappa shape index (κ2) is 3.64. The molecule has 0 spiro atoms. The molecule has 0 fully saturated rings. The van der Waals surface area contributed by atoms with E-state index in [-0.39, 0.29) is 10.8 Å². The molecule has 0 aliphatic heterocycles. The fourth-order valence-corrected chi connectivity index (χ4v) is 1.43. The van der Waals surface area contributed by atoms with Crippen molar-refractivity contribution in [1.82, 2.24) is 9.55 Å². The molecule has 0 atom stereocenters. The summed E-state index contributed by atoms with van der Waals surface area (Å²) in [6.45, 7) is 3.75. The summed E-state index contributed by atoms with van der Waals surface area (Å²) in [5, 5.41) is 0. The smallest absolute Gasteiger partial charge is 0.311 e. The van der Waals surface area contributed by atoms with Gasteiger partial charge in [-0.2, -0.15) is 26.3 Å². The quantitative estimate of drug-likeness (QED) is 0.651. The number of hydrogen-bond donors (Lipinski definition) is 0. The molecule has 0 saturated carbocycles. The van der Waals surface area contributed by atoms with Gasteiger partial charge in [-0.3, -0.25) is 0 Å². The topological polar surface area (TPSA) is 17.8 Å². The minimum Gasteiger partial charge on any atom is -0.311 e. The van der Waals surface area contributed by atoms with Gasteiger partial charge in [-0.15, -0.1) is 0 Å². The molecule has 1 rings (SSSR count). The van der Waals surface area contributed by atoms with Gasteiger partial charge >= 0.3 is 12.4 Å². The van der Waals surface area contributed by atoms with Crippen molar-refractivity contribution < 1.29 is 26.3 Å². The van der Waals surface area contributed by atoms with Crippen LogP contribution in [0.25, 0.3) is 0 Å². The first kappa shape index (κ1) is 13.9. The standard InChI is InChI=1S/C9H10F6N2/c1-7(2,3)17-5(8(10,11)12)4-16-6(17)9(13,14)15/h4H,1-3H3. The highest BCUT2D eigenvalue weighted by Crippen LogP contribution is 2.38. The molecule has 1 aromatic rings. The maximum absolute atomic E-state index is 12.6. The van der Waals surface area contributed by atoms with Crippen LogP contribution in [0, 0.1) is 0 Å². The van der Waals surface area contributed by atoms with Crippen LogP contribution in [0.2, 0.25) is 0 Å². The van der Waals surface area contributed by atoms with Crippen LogP contribution in [-0.4, -0.2) is 9.55 Å². The van der Waals surface area contributed by atoms with Gasteiger partial charge in [-0.05, 0) is 20.8 Å². The van der Waals surface area contributed by atoms with E-state index < -0.39 is 29.4 Å². The third-order valence-corrected chi connectivity index (χ3v) is 1.98. The Morgan fingerprint density at radius 2 is 1.41 bits per heavy atom. The van der Waals surface area contributed by atoms with Gasteiger partial charge in [0.2, 0.25) is 5.82 Å². The van der Waals surface area contributed by atoms with Crippen molar-refractivity contribution in [2.45, 2.75) is 38.7 Å². The van der Waals surface area contributed by atoms with Crippen LogP contribution in [-0.2, 0) is 17.9 Å². The molecular formula is C9H10F6N2. The molecule has 0 aliphatic rings. The zero-order chi connectivity index (χ0) is 13.6. The Morgan fingerprint density at radius 3 is 1.71 bits per heavy atom. The summed E-state index contributed by atoms with van der Waals surface area (Å²) in [6, 6.07) is 0. The molecule has 0 saturated heterocycles. The highest BCUT2D eigenvalue weighted by molar-refractivity contribution is 5.14. The lowest BCUT2D eigenvalue weighted by Gasteiger charge is -2.27. The zero-order valence-corrected chi connectivity index (χ0v) is 9.24. The Kier molecular flexibility index (Phi) is 2.97. The van der Waals surface area contributed by atoms with Crippen molar-refractivity contribution >= 4 is 0 Å². The first-order valence-electron chi connectivity index (χ1n) is 4.58. The Hall–Kier alpha value is -1.21. The van der Waals surface area contributed by atoms with Crippen molar-refractivity contribution in [2.75, 3.05) is 0 Å². The highest BCUT2D eigenvalue weighted by Gasteiger charge is 2.45. The molecule has 0 radical (unpaired) electrons. The van der Waals surface area contributed by atoms with Crippen molar-refractivity contribution in [2.24, 2.45) is 0 Å². The molecule has 0 bridgehead atoms. The molecule has 8 heteroatoms. The van der Waals surface area contributed by atoms with Crippen LogP contribution in [0.3, 0.4) is 0 Å². The Morgan fingerprint density at radius 1 is 0.941 bits per heavy atom. The van der Waals surface area contributed by atoms with Gasteiger partial charge in [-0.1, -0.05) is 0 Å². The van der Waals surface area contributed by atoms with E-state index in [0.29, 0.717) is 0 Å². The zero-order valence-electron chi connectivity index (χ0n) is 9.24. The van der Waals surface area contributed by atoms with E-state index in [1.165, 1.54) is 20.8 Å². The monoisotopic (exact) mass is 260 g/mol. The minimum atomic E-state index is -4.92. The highest BCUT2D eigenvalue weighted by atomic mass is 19.4. The molecule has 1 aromatic heterocycles. The predicted molar refractivity (Wildman–Crippen MR) is 47.2 cm³/mol. The summed E-state index contributed by atoms with van der Waals surface area (Å²) < 4.78 is 75.4. The van der Waals surface area contributed by atoms with Crippen LogP contribution < -0.4 is 0 Å². The summed E-state index contributed by atoms with van der Waals surface area (Å²) in [6.07, 6.45) is -9.59. The largest absolute Gasteiger partial charge is 0.449 e. The Balaban J connectivity index is 3.53. The van der Waals surface area contributed by atoms with E-state index in [1.54, 1.807) is 0 Å². The molecule has 98 valence electrons. The first-order valence-corrected chi connectivity index (χ1v) is 4.58. The number of aromatic nitrogens is 2. The number of halogens is 6. The van der Waals surface area contributed by atoms with Crippen molar-refractivity contribution in [1.29, 1.82) is 0 Å². The number of alkyl halides is 6. The molecule has 2 nitrogen and oxygen atoms in total.